The van der Waals surface area contributed by atoms with Crippen LogP contribution in [0.1, 0.15) is 29.6 Å². The maximum atomic E-state index is 13.5. The highest BCUT2D eigenvalue weighted by molar-refractivity contribution is 5.95. The predicted molar refractivity (Wildman–Crippen MR) is 65.0 cm³/mol. The molecule has 0 saturated heterocycles. The number of anilines is 1. The fourth-order valence-electron chi connectivity index (χ4n) is 1.93. The highest BCUT2D eigenvalue weighted by atomic mass is 19.1. The Labute approximate surface area is 104 Å². The summed E-state index contributed by atoms with van der Waals surface area (Å²) in [5.41, 5.74) is 4.88. The van der Waals surface area contributed by atoms with E-state index in [0.717, 1.165) is 25.3 Å². The van der Waals surface area contributed by atoms with Crippen molar-refractivity contribution in [1.29, 1.82) is 0 Å². The molecule has 0 saturated carbocycles. The summed E-state index contributed by atoms with van der Waals surface area (Å²) in [7, 11) is 0. The van der Waals surface area contributed by atoms with E-state index >= 15 is 0 Å². The molecule has 1 aromatic carbocycles. The number of hydrogen-bond donors (Lipinski definition) is 2. The Kier molecular flexibility index (Phi) is 3.60. The van der Waals surface area contributed by atoms with Gasteiger partial charge < -0.3 is 11.1 Å². The van der Waals surface area contributed by atoms with E-state index in [1.165, 1.54) is 0 Å². The van der Waals surface area contributed by atoms with Crippen molar-refractivity contribution in [1.82, 2.24) is 5.32 Å². The number of carbonyl (C=O) groups excluding carboxylic acids is 1. The van der Waals surface area contributed by atoms with Crippen LogP contribution in [-0.2, 0) is 0 Å². The summed E-state index contributed by atoms with van der Waals surface area (Å²) in [6.07, 6.45) is 6.45. The van der Waals surface area contributed by atoms with E-state index in [1.807, 2.05) is 12.2 Å². The van der Waals surface area contributed by atoms with E-state index in [2.05, 4.69) is 5.32 Å². The summed E-state index contributed by atoms with van der Waals surface area (Å²) in [6, 6.07) is 1.65. The van der Waals surface area contributed by atoms with Crippen molar-refractivity contribution >= 4 is 11.6 Å². The highest BCUT2D eigenvalue weighted by Crippen LogP contribution is 2.18. The molecule has 0 fully saturated rings. The molecule has 1 aliphatic carbocycles. The van der Waals surface area contributed by atoms with Gasteiger partial charge in [0.25, 0.3) is 5.91 Å². The molecule has 0 aliphatic heterocycles. The maximum Gasteiger partial charge on any atom is 0.254 e. The number of amides is 1. The van der Waals surface area contributed by atoms with Crippen molar-refractivity contribution in [2.45, 2.75) is 25.3 Å². The van der Waals surface area contributed by atoms with E-state index in [9.17, 15) is 13.6 Å². The molecule has 2 rings (SSSR count). The SMILES string of the molecule is Nc1cc(C(=O)NC2CC=CCC2)c(F)cc1F. The molecule has 3 nitrogen and oxygen atoms in total. The van der Waals surface area contributed by atoms with E-state index < -0.39 is 17.5 Å². The number of rotatable bonds is 2. The summed E-state index contributed by atoms with van der Waals surface area (Å²) < 4.78 is 26.4. The number of nitrogens with one attached hydrogen (secondary N) is 1. The van der Waals surface area contributed by atoms with Crippen LogP contribution in [0.2, 0.25) is 0 Å². The zero-order chi connectivity index (χ0) is 13.1. The van der Waals surface area contributed by atoms with Gasteiger partial charge in [-0.1, -0.05) is 12.2 Å². The first-order chi connectivity index (χ1) is 8.58. The molecule has 0 aromatic heterocycles. The molecule has 1 amide bonds. The van der Waals surface area contributed by atoms with E-state index in [-0.39, 0.29) is 17.3 Å². The quantitative estimate of drug-likeness (QED) is 0.627. The van der Waals surface area contributed by atoms with Crippen LogP contribution in [0.25, 0.3) is 0 Å². The number of allylic oxidation sites excluding steroid dienone is 1. The average Bonchev–Trinajstić information content (AvgIpc) is 2.35. The summed E-state index contributed by atoms with van der Waals surface area (Å²) in [6.45, 7) is 0. The minimum atomic E-state index is -0.898. The van der Waals surface area contributed by atoms with Gasteiger partial charge in [-0.25, -0.2) is 8.78 Å². The zero-order valence-corrected chi connectivity index (χ0v) is 9.75. The second-order valence-corrected chi connectivity index (χ2v) is 4.31. The molecule has 0 spiro atoms. The van der Waals surface area contributed by atoms with Gasteiger partial charge in [0.15, 0.2) is 0 Å². The van der Waals surface area contributed by atoms with Gasteiger partial charge in [0.05, 0.1) is 11.3 Å². The first kappa shape index (κ1) is 12.5. The largest absolute Gasteiger partial charge is 0.396 e. The van der Waals surface area contributed by atoms with Crippen LogP contribution < -0.4 is 11.1 Å². The van der Waals surface area contributed by atoms with Crippen molar-refractivity contribution in [3.63, 3.8) is 0 Å². The number of carbonyl (C=O) groups is 1. The Balaban J connectivity index is 2.13. The molecule has 0 heterocycles. The van der Waals surface area contributed by atoms with Gasteiger partial charge in [-0.15, -0.1) is 0 Å². The number of benzene rings is 1. The van der Waals surface area contributed by atoms with Crippen molar-refractivity contribution in [2.75, 3.05) is 5.73 Å². The Morgan fingerprint density at radius 1 is 1.28 bits per heavy atom. The third-order valence-electron chi connectivity index (χ3n) is 2.94. The Morgan fingerprint density at radius 3 is 2.72 bits per heavy atom. The van der Waals surface area contributed by atoms with E-state index in [0.29, 0.717) is 6.07 Å². The summed E-state index contributed by atoms with van der Waals surface area (Å²) >= 11 is 0. The van der Waals surface area contributed by atoms with Gasteiger partial charge in [0.2, 0.25) is 0 Å². The van der Waals surface area contributed by atoms with Crippen molar-refractivity contribution in [3.8, 4) is 0 Å². The molecule has 0 bridgehead atoms. The van der Waals surface area contributed by atoms with Crippen LogP contribution in [0.3, 0.4) is 0 Å². The number of nitrogen functional groups attached to an aromatic ring is 1. The smallest absolute Gasteiger partial charge is 0.254 e. The molecule has 18 heavy (non-hydrogen) atoms. The molecule has 5 heteroatoms. The van der Waals surface area contributed by atoms with Gasteiger partial charge in [0, 0.05) is 12.1 Å². The standard InChI is InChI=1S/C13H14F2N2O/c14-10-7-11(15)12(16)6-9(10)13(18)17-8-4-2-1-3-5-8/h1-2,6-8H,3-5,16H2,(H,17,18). The predicted octanol–water partition coefficient (Wildman–Crippen LogP) is 2.39. The lowest BCUT2D eigenvalue weighted by Gasteiger charge is -2.19. The summed E-state index contributed by atoms with van der Waals surface area (Å²) in [5, 5.41) is 2.71. The number of hydrogen-bond acceptors (Lipinski definition) is 2. The third-order valence-corrected chi connectivity index (χ3v) is 2.94. The molecule has 1 aliphatic rings. The van der Waals surface area contributed by atoms with Gasteiger partial charge in [-0.3, -0.25) is 4.79 Å². The molecule has 1 unspecified atom stereocenters. The van der Waals surface area contributed by atoms with Crippen LogP contribution in [-0.4, -0.2) is 11.9 Å². The topological polar surface area (TPSA) is 55.1 Å². The molecule has 1 atom stereocenters. The lowest BCUT2D eigenvalue weighted by molar-refractivity contribution is 0.0930. The molecule has 1 aromatic rings. The zero-order valence-electron chi connectivity index (χ0n) is 9.75. The van der Waals surface area contributed by atoms with Crippen molar-refractivity contribution < 1.29 is 13.6 Å². The van der Waals surface area contributed by atoms with E-state index in [1.54, 1.807) is 0 Å². The lowest BCUT2D eigenvalue weighted by Crippen LogP contribution is -2.35. The van der Waals surface area contributed by atoms with Gasteiger partial charge in [-0.2, -0.15) is 0 Å². The maximum absolute atomic E-state index is 13.5. The Bertz CT molecular complexity index is 500. The molecular formula is C13H14F2N2O. The van der Waals surface area contributed by atoms with Crippen LogP contribution in [0, 0.1) is 11.6 Å². The number of nitrogens with two attached hydrogens (primary N) is 1. The van der Waals surface area contributed by atoms with Gasteiger partial charge >= 0.3 is 0 Å². The van der Waals surface area contributed by atoms with Crippen molar-refractivity contribution in [2.24, 2.45) is 0 Å². The fourth-order valence-corrected chi connectivity index (χ4v) is 1.93. The van der Waals surface area contributed by atoms with Gasteiger partial charge in [-0.05, 0) is 25.3 Å². The van der Waals surface area contributed by atoms with Gasteiger partial charge in [0.1, 0.15) is 11.6 Å². The Hall–Kier alpha value is -1.91. The lowest BCUT2D eigenvalue weighted by atomic mass is 10.0. The van der Waals surface area contributed by atoms with Crippen LogP contribution in [0.5, 0.6) is 0 Å². The normalized spacial score (nSPS) is 18.7. The first-order valence-corrected chi connectivity index (χ1v) is 5.78. The van der Waals surface area contributed by atoms with Crippen LogP contribution in [0.15, 0.2) is 24.3 Å². The summed E-state index contributed by atoms with van der Waals surface area (Å²) in [4.78, 5) is 11.8. The first-order valence-electron chi connectivity index (χ1n) is 5.78. The summed E-state index contributed by atoms with van der Waals surface area (Å²) in [5.74, 6) is -2.31. The third kappa shape index (κ3) is 2.67. The highest BCUT2D eigenvalue weighted by Gasteiger charge is 2.18. The molecular weight excluding hydrogens is 238 g/mol. The van der Waals surface area contributed by atoms with E-state index in [4.69, 9.17) is 5.73 Å². The van der Waals surface area contributed by atoms with Crippen LogP contribution >= 0.6 is 0 Å². The Morgan fingerprint density at radius 2 is 2.06 bits per heavy atom. The monoisotopic (exact) mass is 252 g/mol. The van der Waals surface area contributed by atoms with Crippen LogP contribution in [0.4, 0.5) is 14.5 Å². The molecule has 3 N–H and O–H groups in total. The fraction of sp³-hybridized carbons (Fsp3) is 0.308. The molecule has 96 valence electrons. The average molecular weight is 252 g/mol. The second-order valence-electron chi connectivity index (χ2n) is 4.31. The number of halogens is 2. The second kappa shape index (κ2) is 5.16. The van der Waals surface area contributed by atoms with Crippen molar-refractivity contribution in [3.05, 3.63) is 41.5 Å². The minimum absolute atomic E-state index is 0.00632. The minimum Gasteiger partial charge on any atom is -0.396 e. The molecule has 0 radical (unpaired) electrons.